The number of fused-ring (bicyclic) bond motifs is 3. The smallest absolute Gasteiger partial charge is 0.235 e. The van der Waals surface area contributed by atoms with Crippen molar-refractivity contribution in [3.05, 3.63) is 42.0 Å². The van der Waals surface area contributed by atoms with Crippen LogP contribution in [0.25, 0.3) is 10.8 Å². The lowest BCUT2D eigenvalue weighted by molar-refractivity contribution is -0.119. The SMILES string of the molecule is O=C(CS(=O)(=O)C1CC1)NC1COc2ccc3ccccc3c2C1. The van der Waals surface area contributed by atoms with Crippen LogP contribution in [0.1, 0.15) is 18.4 Å². The van der Waals surface area contributed by atoms with Gasteiger partial charge in [0.05, 0.1) is 11.3 Å². The van der Waals surface area contributed by atoms with E-state index in [2.05, 4.69) is 5.32 Å². The zero-order chi connectivity index (χ0) is 16.7. The maximum absolute atomic E-state index is 12.1. The molecule has 1 aliphatic carbocycles. The summed E-state index contributed by atoms with van der Waals surface area (Å²) >= 11 is 0. The van der Waals surface area contributed by atoms with E-state index < -0.39 is 21.5 Å². The highest BCUT2D eigenvalue weighted by Crippen LogP contribution is 2.32. The van der Waals surface area contributed by atoms with E-state index in [4.69, 9.17) is 4.74 Å². The molecule has 1 amide bonds. The van der Waals surface area contributed by atoms with E-state index in [1.54, 1.807) is 0 Å². The third-order valence-corrected chi connectivity index (χ3v) is 6.77. The molecule has 1 unspecified atom stereocenters. The van der Waals surface area contributed by atoms with Crippen molar-refractivity contribution in [2.75, 3.05) is 12.4 Å². The Morgan fingerprint density at radius 2 is 1.96 bits per heavy atom. The van der Waals surface area contributed by atoms with Gasteiger partial charge in [0.1, 0.15) is 18.1 Å². The molecule has 0 bridgehead atoms. The van der Waals surface area contributed by atoms with Crippen LogP contribution in [-0.2, 0) is 21.1 Å². The molecule has 1 aliphatic heterocycles. The Morgan fingerprint density at radius 1 is 1.17 bits per heavy atom. The summed E-state index contributed by atoms with van der Waals surface area (Å²) in [6, 6.07) is 11.8. The molecule has 2 aromatic carbocycles. The van der Waals surface area contributed by atoms with Crippen LogP contribution < -0.4 is 10.1 Å². The molecule has 0 saturated heterocycles. The number of rotatable bonds is 4. The van der Waals surface area contributed by atoms with Gasteiger partial charge in [-0.25, -0.2) is 8.42 Å². The summed E-state index contributed by atoms with van der Waals surface area (Å²) in [5.41, 5.74) is 1.06. The van der Waals surface area contributed by atoms with Crippen molar-refractivity contribution in [3.8, 4) is 5.75 Å². The highest BCUT2D eigenvalue weighted by atomic mass is 32.2. The van der Waals surface area contributed by atoms with Crippen molar-refractivity contribution in [1.29, 1.82) is 0 Å². The first kappa shape index (κ1) is 15.4. The van der Waals surface area contributed by atoms with E-state index in [0.29, 0.717) is 25.9 Å². The number of carbonyl (C=O) groups is 1. The van der Waals surface area contributed by atoms with Gasteiger partial charge >= 0.3 is 0 Å². The highest BCUT2D eigenvalue weighted by molar-refractivity contribution is 7.93. The van der Waals surface area contributed by atoms with Gasteiger partial charge in [0, 0.05) is 12.0 Å². The topological polar surface area (TPSA) is 72.5 Å². The van der Waals surface area contributed by atoms with Gasteiger partial charge in [0.15, 0.2) is 9.84 Å². The first-order chi connectivity index (χ1) is 11.5. The van der Waals surface area contributed by atoms with Crippen molar-refractivity contribution in [1.82, 2.24) is 5.32 Å². The maximum Gasteiger partial charge on any atom is 0.235 e. The standard InChI is InChI=1S/C18H19NO4S/c20-18(11-24(21,22)14-6-7-14)19-13-9-16-15-4-2-1-3-12(15)5-8-17(16)23-10-13/h1-5,8,13-14H,6-7,9-11H2,(H,19,20). The van der Waals surface area contributed by atoms with Gasteiger partial charge in [-0.05, 0) is 29.7 Å². The number of amides is 1. The Morgan fingerprint density at radius 3 is 2.75 bits per heavy atom. The molecule has 24 heavy (non-hydrogen) atoms. The van der Waals surface area contributed by atoms with Gasteiger partial charge in [0.2, 0.25) is 5.91 Å². The molecule has 2 aromatic rings. The lowest BCUT2D eigenvalue weighted by atomic mass is 9.96. The van der Waals surface area contributed by atoms with Gasteiger partial charge in [-0.3, -0.25) is 4.79 Å². The first-order valence-electron chi connectivity index (χ1n) is 8.17. The lowest BCUT2D eigenvalue weighted by Crippen LogP contribution is -2.45. The van der Waals surface area contributed by atoms with Crippen molar-refractivity contribution in [2.24, 2.45) is 0 Å². The van der Waals surface area contributed by atoms with Gasteiger partial charge in [-0.15, -0.1) is 0 Å². The average Bonchev–Trinajstić information content (AvgIpc) is 3.39. The quantitative estimate of drug-likeness (QED) is 0.918. The van der Waals surface area contributed by atoms with Crippen LogP contribution in [0.15, 0.2) is 36.4 Å². The van der Waals surface area contributed by atoms with Crippen LogP contribution in [-0.4, -0.2) is 38.0 Å². The van der Waals surface area contributed by atoms with Crippen LogP contribution in [0.5, 0.6) is 5.75 Å². The minimum absolute atomic E-state index is 0.204. The molecule has 1 fully saturated rings. The highest BCUT2D eigenvalue weighted by Gasteiger charge is 2.37. The Hall–Kier alpha value is -2.08. The molecule has 1 saturated carbocycles. The third kappa shape index (κ3) is 2.98. The second kappa shape index (κ2) is 5.77. The molecule has 0 radical (unpaired) electrons. The fourth-order valence-electron chi connectivity index (χ4n) is 3.25. The van der Waals surface area contributed by atoms with E-state index in [1.807, 2.05) is 36.4 Å². The van der Waals surface area contributed by atoms with Crippen molar-refractivity contribution >= 4 is 26.5 Å². The predicted octanol–water partition coefficient (Wildman–Crippen LogP) is 1.84. The van der Waals surface area contributed by atoms with Gasteiger partial charge in [0.25, 0.3) is 0 Å². The van der Waals surface area contributed by atoms with E-state index >= 15 is 0 Å². The minimum atomic E-state index is -3.29. The molecule has 4 rings (SSSR count). The fourth-order valence-corrected chi connectivity index (χ4v) is 4.79. The number of hydrogen-bond donors (Lipinski definition) is 1. The Labute approximate surface area is 140 Å². The van der Waals surface area contributed by atoms with E-state index in [-0.39, 0.29) is 11.3 Å². The summed E-state index contributed by atoms with van der Waals surface area (Å²) in [4.78, 5) is 12.1. The Bertz CT molecular complexity index is 902. The van der Waals surface area contributed by atoms with Crippen LogP contribution in [0.4, 0.5) is 0 Å². The van der Waals surface area contributed by atoms with Gasteiger partial charge in [-0.1, -0.05) is 30.3 Å². The number of hydrogen-bond acceptors (Lipinski definition) is 4. The molecule has 1 N–H and O–H groups in total. The molecule has 1 atom stereocenters. The van der Waals surface area contributed by atoms with Crippen molar-refractivity contribution in [3.63, 3.8) is 0 Å². The molecule has 5 nitrogen and oxygen atoms in total. The van der Waals surface area contributed by atoms with Crippen LogP contribution >= 0.6 is 0 Å². The van der Waals surface area contributed by atoms with E-state index in [0.717, 1.165) is 22.1 Å². The maximum atomic E-state index is 12.1. The average molecular weight is 345 g/mol. The molecule has 0 spiro atoms. The molecule has 0 aromatic heterocycles. The fraction of sp³-hybridized carbons (Fsp3) is 0.389. The summed E-state index contributed by atoms with van der Waals surface area (Å²) < 4.78 is 29.6. The molecule has 1 heterocycles. The number of carbonyl (C=O) groups excluding carboxylic acids is 1. The zero-order valence-corrected chi connectivity index (χ0v) is 14.0. The van der Waals surface area contributed by atoms with Crippen molar-refractivity contribution in [2.45, 2.75) is 30.6 Å². The number of benzene rings is 2. The number of ether oxygens (including phenoxy) is 1. The summed E-state index contributed by atoms with van der Waals surface area (Å²) in [7, 11) is -3.29. The van der Waals surface area contributed by atoms with E-state index in [1.165, 1.54) is 0 Å². The molecule has 6 heteroatoms. The molecule has 2 aliphatic rings. The van der Waals surface area contributed by atoms with Crippen molar-refractivity contribution < 1.29 is 17.9 Å². The van der Waals surface area contributed by atoms with Gasteiger partial charge in [-0.2, -0.15) is 0 Å². The summed E-state index contributed by atoms with van der Waals surface area (Å²) in [5.74, 6) is -0.0136. The minimum Gasteiger partial charge on any atom is -0.491 e. The number of nitrogens with one attached hydrogen (secondary N) is 1. The molecular weight excluding hydrogens is 326 g/mol. The third-order valence-electron chi connectivity index (χ3n) is 4.62. The first-order valence-corrected chi connectivity index (χ1v) is 9.89. The Kier molecular flexibility index (Phi) is 3.72. The van der Waals surface area contributed by atoms with Gasteiger partial charge < -0.3 is 10.1 Å². The summed E-state index contributed by atoms with van der Waals surface area (Å²) in [6.45, 7) is 0.362. The second-order valence-corrected chi connectivity index (χ2v) is 8.83. The van der Waals surface area contributed by atoms with E-state index in [9.17, 15) is 13.2 Å². The normalized spacial score (nSPS) is 20.2. The summed E-state index contributed by atoms with van der Waals surface area (Å²) in [6.07, 6.45) is 2.01. The number of sulfone groups is 1. The van der Waals surface area contributed by atoms with Crippen LogP contribution in [0.3, 0.4) is 0 Å². The Balaban J connectivity index is 1.49. The largest absolute Gasteiger partial charge is 0.491 e. The second-order valence-electron chi connectivity index (χ2n) is 6.55. The monoisotopic (exact) mass is 345 g/mol. The van der Waals surface area contributed by atoms with Crippen LogP contribution in [0, 0.1) is 0 Å². The predicted molar refractivity (Wildman–Crippen MR) is 91.9 cm³/mol. The van der Waals surface area contributed by atoms with Crippen LogP contribution in [0.2, 0.25) is 0 Å². The molecule has 126 valence electrons. The summed E-state index contributed by atoms with van der Waals surface area (Å²) in [5, 5.41) is 4.75. The zero-order valence-electron chi connectivity index (χ0n) is 13.2. The molecular formula is C18H19NO4S. The lowest BCUT2D eigenvalue weighted by Gasteiger charge is -2.27.